The van der Waals surface area contributed by atoms with Gasteiger partial charge in [0.25, 0.3) is 11.8 Å². The standard InChI is InChI=1S/C21H25N7O5S3/c1-9-10(2)36-21(27(9)4)26(3)6-11-7-34-18-14(17(30)28(18)15(11)19(31)32)24-16(29)13(25-33-5)12-8-35-20(22)23-12/h8,14,18H,6-7H2,1-5H3,(H3-,22,23,24,29,31,32)/b25-13+/t14?,18-/m1/s1. The summed E-state index contributed by atoms with van der Waals surface area (Å²) in [5.41, 5.74) is 7.28. The number of nitrogens with one attached hydrogen (secondary N) is 1. The minimum Gasteiger partial charge on any atom is -0.543 e. The van der Waals surface area contributed by atoms with Gasteiger partial charge in [0, 0.05) is 16.7 Å². The third kappa shape index (κ3) is 4.53. The monoisotopic (exact) mass is 551 g/mol. The molecule has 0 bridgehead atoms. The Balaban J connectivity index is 1.53. The number of fused-ring (bicyclic) bond motifs is 1. The summed E-state index contributed by atoms with van der Waals surface area (Å²) < 4.78 is 2.05. The molecule has 2 aromatic rings. The molecular weight excluding hydrogens is 526 g/mol. The number of rotatable bonds is 8. The third-order valence-corrected chi connectivity index (χ3v) is 9.37. The molecule has 0 aromatic carbocycles. The Morgan fingerprint density at radius 3 is 2.72 bits per heavy atom. The largest absolute Gasteiger partial charge is 0.543 e. The van der Waals surface area contributed by atoms with Crippen molar-refractivity contribution in [3.8, 4) is 0 Å². The molecular formula is C21H25N7O5S3. The van der Waals surface area contributed by atoms with E-state index in [9.17, 15) is 19.5 Å². The number of oxime groups is 1. The lowest BCUT2D eigenvalue weighted by Gasteiger charge is -2.50. The summed E-state index contributed by atoms with van der Waals surface area (Å²) in [5.74, 6) is -2.28. The lowest BCUT2D eigenvalue weighted by Crippen LogP contribution is -2.71. The number of nitrogen functional groups attached to an aromatic ring is 1. The lowest BCUT2D eigenvalue weighted by atomic mass is 10.0. The summed E-state index contributed by atoms with van der Waals surface area (Å²) in [5, 5.41) is 20.6. The molecule has 0 aliphatic carbocycles. The van der Waals surface area contributed by atoms with E-state index in [1.807, 2.05) is 37.4 Å². The van der Waals surface area contributed by atoms with Gasteiger partial charge in [-0.1, -0.05) is 16.5 Å². The number of anilines is 2. The molecule has 2 atom stereocenters. The number of aryl methyl sites for hydroxylation is 1. The Bertz CT molecular complexity index is 1300. The molecule has 2 amide bonds. The van der Waals surface area contributed by atoms with E-state index in [0.717, 1.165) is 22.2 Å². The molecule has 12 nitrogen and oxygen atoms in total. The third-order valence-electron chi connectivity index (χ3n) is 5.99. The summed E-state index contributed by atoms with van der Waals surface area (Å²) >= 11 is 4.12. The van der Waals surface area contributed by atoms with Crippen LogP contribution in [-0.2, 0) is 26.3 Å². The van der Waals surface area contributed by atoms with Crippen molar-refractivity contribution in [3.63, 3.8) is 0 Å². The Labute approximate surface area is 219 Å². The number of likely N-dealkylation sites (N-methyl/N-ethyl adjacent to an activating group) is 1. The summed E-state index contributed by atoms with van der Waals surface area (Å²) in [6.07, 6.45) is 0. The number of thiazole rings is 2. The Kier molecular flexibility index (Phi) is 7.24. The number of hydrogen-bond donors (Lipinski definition) is 2. The highest BCUT2D eigenvalue weighted by molar-refractivity contribution is 8.00. The van der Waals surface area contributed by atoms with Crippen LogP contribution in [0, 0.1) is 13.8 Å². The molecule has 4 rings (SSSR count). The molecule has 2 aliphatic heterocycles. The predicted molar refractivity (Wildman–Crippen MR) is 135 cm³/mol. The second-order valence-electron chi connectivity index (χ2n) is 8.24. The number of β-lactam (4-membered cyclic amide) rings is 1. The minimum atomic E-state index is -1.43. The van der Waals surface area contributed by atoms with Gasteiger partial charge in [0.1, 0.15) is 36.5 Å². The zero-order valence-corrected chi connectivity index (χ0v) is 22.7. The number of amides is 2. The highest BCUT2D eigenvalue weighted by Gasteiger charge is 2.53. The van der Waals surface area contributed by atoms with Gasteiger partial charge in [0.2, 0.25) is 0 Å². The van der Waals surface area contributed by atoms with Crippen LogP contribution < -0.4 is 25.6 Å². The van der Waals surface area contributed by atoms with Crippen LogP contribution >= 0.6 is 34.4 Å². The highest BCUT2D eigenvalue weighted by atomic mass is 32.2. The normalized spacial score (nSPS) is 19.6. The van der Waals surface area contributed by atoms with Crippen LogP contribution in [0.25, 0.3) is 0 Å². The van der Waals surface area contributed by atoms with E-state index in [1.165, 1.54) is 28.6 Å². The first-order valence-electron chi connectivity index (χ1n) is 10.7. The topological polar surface area (TPSA) is 157 Å². The van der Waals surface area contributed by atoms with Crippen molar-refractivity contribution in [2.75, 3.05) is 37.1 Å². The minimum absolute atomic E-state index is 0.134. The number of hydrogen-bond acceptors (Lipinski definition) is 12. The molecule has 0 spiro atoms. The molecule has 2 aliphatic rings. The van der Waals surface area contributed by atoms with Crippen molar-refractivity contribution in [2.24, 2.45) is 12.2 Å². The van der Waals surface area contributed by atoms with Gasteiger partial charge >= 0.3 is 5.13 Å². The number of carbonyl (C=O) groups excluding carboxylic acids is 3. The summed E-state index contributed by atoms with van der Waals surface area (Å²) in [7, 11) is 5.12. The van der Waals surface area contributed by atoms with Crippen molar-refractivity contribution < 1.29 is 28.9 Å². The van der Waals surface area contributed by atoms with Gasteiger partial charge in [0.05, 0.1) is 30.6 Å². The maximum absolute atomic E-state index is 13.0. The van der Waals surface area contributed by atoms with Crippen molar-refractivity contribution in [3.05, 3.63) is 32.9 Å². The van der Waals surface area contributed by atoms with Gasteiger partial charge in [-0.15, -0.1) is 23.1 Å². The number of carboxylic acid groups (broad SMARTS) is 1. The molecule has 36 heavy (non-hydrogen) atoms. The number of thioether (sulfide) groups is 1. The first kappa shape index (κ1) is 25.9. The maximum atomic E-state index is 13.0. The number of nitrogens with two attached hydrogens (primary N) is 1. The summed E-state index contributed by atoms with van der Waals surface area (Å²) in [6.45, 7) is 4.37. The number of carbonyl (C=O) groups is 3. The van der Waals surface area contributed by atoms with Crippen LogP contribution in [0.15, 0.2) is 21.8 Å². The van der Waals surface area contributed by atoms with E-state index in [0.29, 0.717) is 17.9 Å². The van der Waals surface area contributed by atoms with E-state index in [4.69, 9.17) is 10.6 Å². The molecule has 3 N–H and O–H groups in total. The van der Waals surface area contributed by atoms with Crippen LogP contribution in [0.5, 0.6) is 0 Å². The van der Waals surface area contributed by atoms with Crippen LogP contribution in [0.1, 0.15) is 16.3 Å². The van der Waals surface area contributed by atoms with Crippen LogP contribution in [0.4, 0.5) is 10.3 Å². The Hall–Kier alpha value is -3.17. The zero-order valence-electron chi connectivity index (χ0n) is 20.2. The second kappa shape index (κ2) is 10.1. The smallest absolute Gasteiger partial charge is 0.336 e. The molecule has 1 saturated heterocycles. The van der Waals surface area contributed by atoms with E-state index in [1.54, 1.807) is 16.7 Å². The Morgan fingerprint density at radius 2 is 2.17 bits per heavy atom. The van der Waals surface area contributed by atoms with E-state index < -0.39 is 29.2 Å². The fraction of sp³-hybridized carbons (Fsp3) is 0.429. The van der Waals surface area contributed by atoms with Gasteiger partial charge in [-0.3, -0.25) is 19.4 Å². The molecule has 15 heteroatoms. The average Bonchev–Trinajstić information content (AvgIpc) is 3.38. The van der Waals surface area contributed by atoms with Crippen molar-refractivity contribution in [2.45, 2.75) is 25.3 Å². The first-order chi connectivity index (χ1) is 17.0. The number of nitrogens with zero attached hydrogens (tertiary/aromatic N) is 5. The zero-order chi connectivity index (χ0) is 26.3. The molecule has 4 heterocycles. The van der Waals surface area contributed by atoms with Gasteiger partial charge in [-0.05, 0) is 13.8 Å². The molecule has 1 unspecified atom stereocenters. The summed E-state index contributed by atoms with van der Waals surface area (Å²) in [4.78, 5) is 51.1. The molecule has 2 aromatic heterocycles. The average molecular weight is 552 g/mol. The molecule has 192 valence electrons. The summed E-state index contributed by atoms with van der Waals surface area (Å²) in [6, 6.07) is -0.936. The van der Waals surface area contributed by atoms with Crippen molar-refractivity contribution in [1.82, 2.24) is 15.2 Å². The van der Waals surface area contributed by atoms with E-state index >= 15 is 0 Å². The second-order valence-corrected chi connectivity index (χ2v) is 11.4. The van der Waals surface area contributed by atoms with E-state index in [2.05, 4.69) is 15.5 Å². The Morgan fingerprint density at radius 1 is 1.44 bits per heavy atom. The number of aromatic nitrogens is 2. The van der Waals surface area contributed by atoms with Crippen LogP contribution in [0.3, 0.4) is 0 Å². The first-order valence-corrected chi connectivity index (χ1v) is 13.5. The predicted octanol–water partition coefficient (Wildman–Crippen LogP) is -0.881. The number of aliphatic carboxylic acids is 1. The molecule has 0 radical (unpaired) electrons. The van der Waals surface area contributed by atoms with Gasteiger partial charge in [0.15, 0.2) is 10.8 Å². The highest BCUT2D eigenvalue weighted by Crippen LogP contribution is 2.40. The van der Waals surface area contributed by atoms with Gasteiger partial charge in [-0.25, -0.2) is 9.55 Å². The SMILES string of the molecule is CO/N=C(/C(=O)NC1C(=O)N2C(C(=O)[O-])=C(CN(C)c3sc(C)c(C)[n+]3C)CS[C@H]12)c1csc(N)n1. The quantitative estimate of drug-likeness (QED) is 0.184. The van der Waals surface area contributed by atoms with E-state index in [-0.39, 0.29) is 22.2 Å². The maximum Gasteiger partial charge on any atom is 0.336 e. The van der Waals surface area contributed by atoms with Gasteiger partial charge < -0.3 is 25.8 Å². The van der Waals surface area contributed by atoms with Gasteiger partial charge in [-0.2, -0.15) is 0 Å². The van der Waals surface area contributed by atoms with Crippen LogP contribution in [0.2, 0.25) is 0 Å². The number of carboxylic acids is 1. The van der Waals surface area contributed by atoms with Crippen LogP contribution in [-0.4, -0.2) is 71.3 Å². The fourth-order valence-corrected chi connectivity index (χ4v) is 6.98. The van der Waals surface area contributed by atoms with Crippen molar-refractivity contribution >= 4 is 68.2 Å². The molecule has 1 fully saturated rings. The van der Waals surface area contributed by atoms with Crippen molar-refractivity contribution in [1.29, 1.82) is 0 Å². The fourth-order valence-electron chi connectivity index (χ4n) is 4.04. The molecule has 0 saturated carbocycles. The lowest BCUT2D eigenvalue weighted by molar-refractivity contribution is -0.660.